The van der Waals surface area contributed by atoms with Gasteiger partial charge in [0.15, 0.2) is 0 Å². The molecule has 3 heteroatoms. The van der Waals surface area contributed by atoms with Crippen molar-refractivity contribution in [2.24, 2.45) is 23.5 Å². The van der Waals surface area contributed by atoms with E-state index < -0.39 is 0 Å². The average molecular weight is 255 g/mol. The first kappa shape index (κ1) is 15.5. The number of esters is 1. The summed E-state index contributed by atoms with van der Waals surface area (Å²) in [5.74, 6) is 1.93. The maximum absolute atomic E-state index is 11.6. The number of rotatable bonds is 9. The molecule has 0 aromatic rings. The van der Waals surface area contributed by atoms with Crippen molar-refractivity contribution in [1.82, 2.24) is 0 Å². The van der Waals surface area contributed by atoms with E-state index in [0.717, 1.165) is 25.2 Å². The van der Waals surface area contributed by atoms with Crippen LogP contribution >= 0.6 is 0 Å². The minimum Gasteiger partial charge on any atom is -0.466 e. The highest BCUT2D eigenvalue weighted by atomic mass is 16.5. The molecule has 0 heterocycles. The number of hydrogen-bond acceptors (Lipinski definition) is 3. The minimum atomic E-state index is -0.0306. The van der Waals surface area contributed by atoms with E-state index in [1.165, 1.54) is 19.3 Å². The Balaban J connectivity index is 2.06. The van der Waals surface area contributed by atoms with Gasteiger partial charge in [0, 0.05) is 6.42 Å². The molecular weight excluding hydrogens is 226 g/mol. The molecule has 0 saturated heterocycles. The summed E-state index contributed by atoms with van der Waals surface area (Å²) in [7, 11) is 0. The molecule has 2 N–H and O–H groups in total. The average Bonchev–Trinajstić information content (AvgIpc) is 2.27. The first-order valence-corrected chi connectivity index (χ1v) is 7.49. The Morgan fingerprint density at radius 1 is 1.33 bits per heavy atom. The molecule has 1 fully saturated rings. The number of carbonyl (C=O) groups excluding carboxylic acids is 1. The lowest BCUT2D eigenvalue weighted by atomic mass is 9.83. The number of hydrogen-bond donors (Lipinski definition) is 1. The highest BCUT2D eigenvalue weighted by Gasteiger charge is 2.18. The van der Waals surface area contributed by atoms with E-state index in [1.54, 1.807) is 0 Å². The summed E-state index contributed by atoms with van der Waals surface area (Å²) >= 11 is 0. The molecule has 106 valence electrons. The van der Waals surface area contributed by atoms with Crippen molar-refractivity contribution in [3.63, 3.8) is 0 Å². The third-order valence-electron chi connectivity index (χ3n) is 4.21. The number of carbonyl (C=O) groups is 1. The molecule has 0 aromatic carbocycles. The SMILES string of the molecule is CC(C)C(CCN)CCC(=O)OCCC1CCC1. The molecule has 0 bridgehead atoms. The summed E-state index contributed by atoms with van der Waals surface area (Å²) in [5, 5.41) is 0. The molecular formula is C15H29NO2. The Hall–Kier alpha value is -0.570. The monoisotopic (exact) mass is 255 g/mol. The first-order chi connectivity index (χ1) is 8.63. The third kappa shape index (κ3) is 5.85. The fourth-order valence-electron chi connectivity index (χ4n) is 2.52. The van der Waals surface area contributed by atoms with Crippen molar-refractivity contribution in [3.8, 4) is 0 Å². The van der Waals surface area contributed by atoms with Crippen molar-refractivity contribution >= 4 is 5.97 Å². The van der Waals surface area contributed by atoms with Crippen molar-refractivity contribution in [2.75, 3.05) is 13.2 Å². The summed E-state index contributed by atoms with van der Waals surface area (Å²) in [6, 6.07) is 0. The van der Waals surface area contributed by atoms with E-state index in [9.17, 15) is 4.79 Å². The van der Waals surface area contributed by atoms with Crippen LogP contribution in [0.2, 0.25) is 0 Å². The van der Waals surface area contributed by atoms with Gasteiger partial charge in [-0.15, -0.1) is 0 Å². The van der Waals surface area contributed by atoms with Crippen molar-refractivity contribution < 1.29 is 9.53 Å². The summed E-state index contributed by atoms with van der Waals surface area (Å²) in [4.78, 5) is 11.6. The second kappa shape index (κ2) is 8.52. The fourth-order valence-corrected chi connectivity index (χ4v) is 2.52. The van der Waals surface area contributed by atoms with E-state index in [1.807, 2.05) is 0 Å². The normalized spacial score (nSPS) is 17.6. The van der Waals surface area contributed by atoms with Crippen LogP contribution in [0.25, 0.3) is 0 Å². The molecule has 1 rings (SSSR count). The van der Waals surface area contributed by atoms with Crippen molar-refractivity contribution in [2.45, 2.75) is 58.8 Å². The molecule has 3 nitrogen and oxygen atoms in total. The molecule has 1 aliphatic rings. The maximum Gasteiger partial charge on any atom is 0.305 e. The molecule has 0 radical (unpaired) electrons. The lowest BCUT2D eigenvalue weighted by Gasteiger charge is -2.24. The van der Waals surface area contributed by atoms with Crippen molar-refractivity contribution in [1.29, 1.82) is 0 Å². The topological polar surface area (TPSA) is 52.3 Å². The van der Waals surface area contributed by atoms with Gasteiger partial charge in [-0.05, 0) is 43.6 Å². The first-order valence-electron chi connectivity index (χ1n) is 7.49. The van der Waals surface area contributed by atoms with Crippen LogP contribution in [0, 0.1) is 17.8 Å². The zero-order valence-corrected chi connectivity index (χ0v) is 12.0. The smallest absolute Gasteiger partial charge is 0.305 e. The predicted molar refractivity (Wildman–Crippen MR) is 74.2 cm³/mol. The van der Waals surface area contributed by atoms with E-state index in [-0.39, 0.29) is 5.97 Å². The van der Waals surface area contributed by atoms with Gasteiger partial charge in [-0.3, -0.25) is 4.79 Å². The largest absolute Gasteiger partial charge is 0.466 e. The summed E-state index contributed by atoms with van der Waals surface area (Å²) in [6.07, 6.45) is 7.53. The Bertz CT molecular complexity index is 237. The van der Waals surface area contributed by atoms with Gasteiger partial charge in [0.25, 0.3) is 0 Å². The van der Waals surface area contributed by atoms with Crippen LogP contribution < -0.4 is 5.73 Å². The zero-order chi connectivity index (χ0) is 13.4. The van der Waals surface area contributed by atoms with Gasteiger partial charge in [-0.1, -0.05) is 33.1 Å². The Morgan fingerprint density at radius 2 is 2.06 bits per heavy atom. The van der Waals surface area contributed by atoms with Crippen LogP contribution in [-0.4, -0.2) is 19.1 Å². The van der Waals surface area contributed by atoms with Crippen molar-refractivity contribution in [3.05, 3.63) is 0 Å². The molecule has 1 unspecified atom stereocenters. The standard InChI is InChI=1S/C15H29NO2/c1-12(2)14(8-10-16)6-7-15(17)18-11-9-13-4-3-5-13/h12-14H,3-11,16H2,1-2H3. The highest BCUT2D eigenvalue weighted by Crippen LogP contribution is 2.29. The van der Waals surface area contributed by atoms with Gasteiger partial charge < -0.3 is 10.5 Å². The van der Waals surface area contributed by atoms with Crippen LogP contribution in [0.1, 0.15) is 58.8 Å². The molecule has 1 saturated carbocycles. The van der Waals surface area contributed by atoms with Gasteiger partial charge in [-0.2, -0.15) is 0 Å². The highest BCUT2D eigenvalue weighted by molar-refractivity contribution is 5.69. The molecule has 1 atom stereocenters. The zero-order valence-electron chi connectivity index (χ0n) is 12.0. The van der Waals surface area contributed by atoms with Crippen LogP contribution in [0.3, 0.4) is 0 Å². The molecule has 0 amide bonds. The second-order valence-corrected chi connectivity index (χ2v) is 5.93. The molecule has 18 heavy (non-hydrogen) atoms. The van der Waals surface area contributed by atoms with Crippen LogP contribution in [-0.2, 0) is 9.53 Å². The van der Waals surface area contributed by atoms with Crippen LogP contribution in [0.15, 0.2) is 0 Å². The van der Waals surface area contributed by atoms with Crippen LogP contribution in [0.4, 0.5) is 0 Å². The summed E-state index contributed by atoms with van der Waals surface area (Å²) < 4.78 is 5.29. The summed E-state index contributed by atoms with van der Waals surface area (Å²) in [6.45, 7) is 5.72. The van der Waals surface area contributed by atoms with E-state index in [4.69, 9.17) is 10.5 Å². The van der Waals surface area contributed by atoms with Gasteiger partial charge in [0.05, 0.1) is 6.61 Å². The van der Waals surface area contributed by atoms with Crippen LogP contribution in [0.5, 0.6) is 0 Å². The van der Waals surface area contributed by atoms with Gasteiger partial charge >= 0.3 is 5.97 Å². The molecule has 0 aromatic heterocycles. The molecule has 0 spiro atoms. The second-order valence-electron chi connectivity index (χ2n) is 5.93. The fraction of sp³-hybridized carbons (Fsp3) is 0.933. The molecule has 0 aliphatic heterocycles. The van der Waals surface area contributed by atoms with E-state index in [0.29, 0.717) is 31.4 Å². The molecule has 1 aliphatic carbocycles. The minimum absolute atomic E-state index is 0.0306. The predicted octanol–water partition coefficient (Wildman–Crippen LogP) is 3.12. The summed E-state index contributed by atoms with van der Waals surface area (Å²) in [5.41, 5.74) is 5.59. The van der Waals surface area contributed by atoms with Gasteiger partial charge in [-0.25, -0.2) is 0 Å². The Labute approximate surface area is 111 Å². The number of ether oxygens (including phenoxy) is 1. The van der Waals surface area contributed by atoms with E-state index >= 15 is 0 Å². The van der Waals surface area contributed by atoms with Gasteiger partial charge in [0.2, 0.25) is 0 Å². The quantitative estimate of drug-likeness (QED) is 0.644. The number of nitrogens with two attached hydrogens (primary N) is 1. The lowest BCUT2D eigenvalue weighted by molar-refractivity contribution is -0.144. The maximum atomic E-state index is 11.6. The third-order valence-corrected chi connectivity index (χ3v) is 4.21. The van der Waals surface area contributed by atoms with E-state index in [2.05, 4.69) is 13.8 Å². The Kier molecular flexibility index (Phi) is 7.33. The lowest BCUT2D eigenvalue weighted by Crippen LogP contribution is -2.18. The Morgan fingerprint density at radius 3 is 2.56 bits per heavy atom. The van der Waals surface area contributed by atoms with Gasteiger partial charge in [0.1, 0.15) is 0 Å².